The van der Waals surface area contributed by atoms with Crippen LogP contribution in [0, 0.1) is 6.92 Å². The van der Waals surface area contributed by atoms with Crippen molar-refractivity contribution in [1.29, 1.82) is 0 Å². The molecule has 9 heteroatoms. The van der Waals surface area contributed by atoms with Crippen LogP contribution in [-0.2, 0) is 26.2 Å². The summed E-state index contributed by atoms with van der Waals surface area (Å²) in [4.78, 5) is 28.3. The van der Waals surface area contributed by atoms with Gasteiger partial charge >= 0.3 is 0 Å². The van der Waals surface area contributed by atoms with Crippen LogP contribution in [0.25, 0.3) is 0 Å². The quantitative estimate of drug-likeness (QED) is 0.337. The second-order valence-corrected chi connectivity index (χ2v) is 11.1. The lowest BCUT2D eigenvalue weighted by atomic mass is 10.1. The maximum Gasteiger partial charge on any atom is 0.264 e. The van der Waals surface area contributed by atoms with E-state index in [1.807, 2.05) is 44.2 Å². The number of anilines is 1. The number of nitrogens with one attached hydrogen (secondary N) is 1. The minimum Gasteiger partial charge on any atom is -0.492 e. The maximum absolute atomic E-state index is 14.0. The van der Waals surface area contributed by atoms with E-state index in [-0.39, 0.29) is 23.0 Å². The third-order valence-corrected chi connectivity index (χ3v) is 8.01. The van der Waals surface area contributed by atoms with Crippen molar-refractivity contribution in [3.05, 3.63) is 90.0 Å². The van der Waals surface area contributed by atoms with Crippen LogP contribution >= 0.6 is 0 Å². The van der Waals surface area contributed by atoms with E-state index in [2.05, 4.69) is 5.32 Å². The minimum atomic E-state index is -4.17. The predicted molar refractivity (Wildman–Crippen MR) is 153 cm³/mol. The van der Waals surface area contributed by atoms with Crippen molar-refractivity contribution >= 4 is 27.5 Å². The first-order valence-electron chi connectivity index (χ1n) is 13.1. The van der Waals surface area contributed by atoms with Gasteiger partial charge in [0, 0.05) is 13.1 Å². The smallest absolute Gasteiger partial charge is 0.264 e. The average Bonchev–Trinajstić information content (AvgIpc) is 2.94. The van der Waals surface area contributed by atoms with E-state index in [9.17, 15) is 18.0 Å². The number of carbonyl (C=O) groups is 2. The lowest BCUT2D eigenvalue weighted by molar-refractivity contribution is -0.139. The largest absolute Gasteiger partial charge is 0.492 e. The monoisotopic (exact) mass is 551 g/mol. The van der Waals surface area contributed by atoms with Crippen molar-refractivity contribution in [3.8, 4) is 5.75 Å². The van der Waals surface area contributed by atoms with Crippen LogP contribution in [-0.4, -0.2) is 50.9 Å². The van der Waals surface area contributed by atoms with Crippen LogP contribution in [0.5, 0.6) is 5.75 Å². The van der Waals surface area contributed by atoms with Gasteiger partial charge in [-0.25, -0.2) is 8.42 Å². The molecule has 0 aliphatic rings. The molecule has 0 bridgehead atoms. The van der Waals surface area contributed by atoms with E-state index in [4.69, 9.17) is 4.74 Å². The summed E-state index contributed by atoms with van der Waals surface area (Å²) in [7, 11) is -4.17. The Morgan fingerprint density at radius 3 is 2.21 bits per heavy atom. The first-order chi connectivity index (χ1) is 18.7. The number of hydrogen-bond acceptors (Lipinski definition) is 5. The number of carbonyl (C=O) groups excluding carboxylic acids is 2. The van der Waals surface area contributed by atoms with Gasteiger partial charge in [-0.05, 0) is 57.0 Å². The van der Waals surface area contributed by atoms with E-state index >= 15 is 0 Å². The number of nitrogens with zero attached hydrogens (tertiary/aromatic N) is 2. The van der Waals surface area contributed by atoms with Crippen molar-refractivity contribution in [3.63, 3.8) is 0 Å². The Balaban J connectivity index is 2.06. The molecule has 3 rings (SSSR count). The van der Waals surface area contributed by atoms with E-state index in [1.54, 1.807) is 50.2 Å². The average molecular weight is 552 g/mol. The number of benzene rings is 3. The van der Waals surface area contributed by atoms with Gasteiger partial charge in [0.1, 0.15) is 18.3 Å². The molecule has 39 heavy (non-hydrogen) atoms. The standard InChI is InChI=1S/C30H37N3O5S/c1-5-20-31-30(35)24(4)32(21-25-12-8-7-9-13-25)29(34)22-33(27-14-10-11-15-28(27)38-6-2)39(36,37)26-18-16-23(3)17-19-26/h7-19,24H,5-6,20-22H2,1-4H3,(H,31,35). The lowest BCUT2D eigenvalue weighted by Gasteiger charge is -2.32. The summed E-state index contributed by atoms with van der Waals surface area (Å²) in [5.74, 6) is -0.476. The minimum absolute atomic E-state index is 0.0514. The first-order valence-corrected chi connectivity index (χ1v) is 14.5. The molecule has 0 radical (unpaired) electrons. The zero-order valence-corrected chi connectivity index (χ0v) is 23.8. The van der Waals surface area contributed by atoms with E-state index in [0.29, 0.717) is 18.9 Å². The van der Waals surface area contributed by atoms with Crippen LogP contribution in [0.3, 0.4) is 0 Å². The highest BCUT2D eigenvalue weighted by Crippen LogP contribution is 2.33. The van der Waals surface area contributed by atoms with Gasteiger partial charge in [-0.1, -0.05) is 67.1 Å². The number of hydrogen-bond donors (Lipinski definition) is 1. The maximum atomic E-state index is 14.0. The van der Waals surface area contributed by atoms with Gasteiger partial charge < -0.3 is 15.0 Å². The second kappa shape index (κ2) is 13.8. The molecule has 0 aliphatic carbocycles. The molecule has 0 spiro atoms. The molecule has 3 aromatic carbocycles. The number of ether oxygens (including phenoxy) is 1. The van der Waals surface area contributed by atoms with Gasteiger partial charge in [-0.15, -0.1) is 0 Å². The molecule has 0 fully saturated rings. The molecule has 2 amide bonds. The molecule has 1 unspecified atom stereocenters. The molecule has 0 aliphatic heterocycles. The van der Waals surface area contributed by atoms with Crippen LogP contribution in [0.4, 0.5) is 5.69 Å². The summed E-state index contributed by atoms with van der Waals surface area (Å²) in [6.45, 7) is 7.70. The molecule has 0 aromatic heterocycles. The molecule has 0 saturated heterocycles. The molecule has 3 aromatic rings. The molecule has 208 valence electrons. The van der Waals surface area contributed by atoms with Crippen LogP contribution < -0.4 is 14.4 Å². The van der Waals surface area contributed by atoms with Crippen LogP contribution in [0.2, 0.25) is 0 Å². The zero-order chi connectivity index (χ0) is 28.4. The molecule has 8 nitrogen and oxygen atoms in total. The second-order valence-electron chi connectivity index (χ2n) is 9.20. The fourth-order valence-electron chi connectivity index (χ4n) is 4.05. The SMILES string of the molecule is CCCNC(=O)C(C)N(Cc1ccccc1)C(=O)CN(c1ccccc1OCC)S(=O)(=O)c1ccc(C)cc1. The normalized spacial score (nSPS) is 11.9. The summed E-state index contributed by atoms with van der Waals surface area (Å²) in [5.41, 5.74) is 1.98. The Morgan fingerprint density at radius 1 is 0.923 bits per heavy atom. The summed E-state index contributed by atoms with van der Waals surface area (Å²) < 4.78 is 34.8. The van der Waals surface area contributed by atoms with Crippen LogP contribution in [0.15, 0.2) is 83.8 Å². The highest BCUT2D eigenvalue weighted by molar-refractivity contribution is 7.92. The summed E-state index contributed by atoms with van der Waals surface area (Å²) in [5, 5.41) is 2.84. The van der Waals surface area contributed by atoms with Crippen molar-refractivity contribution in [2.24, 2.45) is 0 Å². The Kier molecular flexibility index (Phi) is 10.5. The van der Waals surface area contributed by atoms with E-state index < -0.39 is 28.5 Å². The first kappa shape index (κ1) is 29.7. The predicted octanol–water partition coefficient (Wildman–Crippen LogP) is 4.53. The molecular weight excluding hydrogens is 514 g/mol. The molecule has 0 heterocycles. The number of sulfonamides is 1. The van der Waals surface area contributed by atoms with Crippen LogP contribution in [0.1, 0.15) is 38.3 Å². The molecule has 1 atom stereocenters. The highest BCUT2D eigenvalue weighted by Gasteiger charge is 2.33. The van der Waals surface area contributed by atoms with E-state index in [1.165, 1.54) is 17.0 Å². The third-order valence-electron chi connectivity index (χ3n) is 6.23. The van der Waals surface area contributed by atoms with E-state index in [0.717, 1.165) is 21.9 Å². The summed E-state index contributed by atoms with van der Waals surface area (Å²) >= 11 is 0. The molecular formula is C30H37N3O5S. The van der Waals surface area contributed by atoms with Gasteiger partial charge in [0.05, 0.1) is 17.2 Å². The molecule has 0 saturated carbocycles. The van der Waals surface area contributed by atoms with Crippen molar-refractivity contribution < 1.29 is 22.7 Å². The van der Waals surface area contributed by atoms with Gasteiger partial charge in [0.2, 0.25) is 11.8 Å². The Labute approximate surface area is 231 Å². The highest BCUT2D eigenvalue weighted by atomic mass is 32.2. The number of para-hydroxylation sites is 2. The summed E-state index contributed by atoms with van der Waals surface area (Å²) in [6, 6.07) is 21.7. The lowest BCUT2D eigenvalue weighted by Crippen LogP contribution is -2.51. The number of aryl methyl sites for hydroxylation is 1. The van der Waals surface area contributed by atoms with Crippen molar-refractivity contribution in [2.75, 3.05) is 24.0 Å². The molecule has 1 N–H and O–H groups in total. The van der Waals surface area contributed by atoms with Gasteiger partial charge in [0.15, 0.2) is 0 Å². The Hall–Kier alpha value is -3.85. The Morgan fingerprint density at radius 2 is 1.56 bits per heavy atom. The van der Waals surface area contributed by atoms with Gasteiger partial charge in [-0.3, -0.25) is 13.9 Å². The van der Waals surface area contributed by atoms with Crippen molar-refractivity contribution in [2.45, 2.75) is 51.6 Å². The summed E-state index contributed by atoms with van der Waals surface area (Å²) in [6.07, 6.45) is 0.752. The zero-order valence-electron chi connectivity index (χ0n) is 23.0. The van der Waals surface area contributed by atoms with Gasteiger partial charge in [-0.2, -0.15) is 0 Å². The number of amides is 2. The number of rotatable bonds is 13. The fourth-order valence-corrected chi connectivity index (χ4v) is 5.47. The Bertz CT molecular complexity index is 1340. The van der Waals surface area contributed by atoms with Gasteiger partial charge in [0.25, 0.3) is 10.0 Å². The third kappa shape index (κ3) is 7.60. The fraction of sp³-hybridized carbons (Fsp3) is 0.333. The topological polar surface area (TPSA) is 96.0 Å². The van der Waals surface area contributed by atoms with Crippen molar-refractivity contribution in [1.82, 2.24) is 10.2 Å².